The molecule has 3 unspecified atom stereocenters. The first-order valence-corrected chi connectivity index (χ1v) is 16.4. The van der Waals surface area contributed by atoms with E-state index in [-0.39, 0.29) is 25.8 Å². The van der Waals surface area contributed by atoms with Crippen molar-refractivity contribution in [3.63, 3.8) is 0 Å². The van der Waals surface area contributed by atoms with Gasteiger partial charge in [0.05, 0.1) is 12.5 Å². The highest BCUT2D eigenvalue weighted by atomic mass is 16.4. The van der Waals surface area contributed by atoms with Crippen LogP contribution in [0.4, 0.5) is 0 Å². The highest BCUT2D eigenvalue weighted by Crippen LogP contribution is 2.32. The van der Waals surface area contributed by atoms with Crippen LogP contribution in [0.3, 0.4) is 0 Å². The Morgan fingerprint density at radius 1 is 0.575 bits per heavy atom. The van der Waals surface area contributed by atoms with Gasteiger partial charge in [-0.25, -0.2) is 9.59 Å². The van der Waals surface area contributed by atoms with Crippen molar-refractivity contribution in [3.8, 4) is 0 Å². The van der Waals surface area contributed by atoms with Crippen LogP contribution in [0.5, 0.6) is 0 Å². The van der Waals surface area contributed by atoms with Crippen molar-refractivity contribution in [2.75, 3.05) is 6.54 Å². The van der Waals surface area contributed by atoms with Crippen molar-refractivity contribution >= 4 is 17.9 Å². The molecule has 0 aromatic rings. The lowest BCUT2D eigenvalue weighted by Gasteiger charge is -2.51. The molecule has 7 heteroatoms. The quantitative estimate of drug-likeness (QED) is 0.0584. The lowest BCUT2D eigenvalue weighted by atomic mass is 9.93. The van der Waals surface area contributed by atoms with Crippen molar-refractivity contribution in [2.24, 2.45) is 0 Å². The molecule has 40 heavy (non-hydrogen) atoms. The van der Waals surface area contributed by atoms with Crippen LogP contribution in [0.15, 0.2) is 12.2 Å². The monoisotopic (exact) mass is 567 g/mol. The number of hydrogen-bond donors (Lipinski definition) is 2. The van der Waals surface area contributed by atoms with Crippen LogP contribution in [0.2, 0.25) is 0 Å². The minimum atomic E-state index is -1.36. The number of allylic oxidation sites excluding steroid dienone is 2. The first-order valence-electron chi connectivity index (χ1n) is 16.4. The van der Waals surface area contributed by atoms with Gasteiger partial charge in [-0.3, -0.25) is 4.48 Å². The molecule has 0 saturated carbocycles. The second-order valence-electron chi connectivity index (χ2n) is 11.5. The number of carbonyl (C=O) groups is 3. The van der Waals surface area contributed by atoms with E-state index in [0.29, 0.717) is 6.42 Å². The molecule has 7 nitrogen and oxygen atoms in total. The van der Waals surface area contributed by atoms with Gasteiger partial charge >= 0.3 is 11.9 Å². The Morgan fingerprint density at radius 3 is 1.23 bits per heavy atom. The molecule has 0 saturated heterocycles. The average molecular weight is 568 g/mol. The van der Waals surface area contributed by atoms with E-state index in [1.165, 1.54) is 77.0 Å². The summed E-state index contributed by atoms with van der Waals surface area (Å²) < 4.78 is -0.465. The van der Waals surface area contributed by atoms with E-state index in [1.54, 1.807) is 20.8 Å². The first-order chi connectivity index (χ1) is 19.2. The maximum Gasteiger partial charge on any atom is 0.362 e. The lowest BCUT2D eigenvalue weighted by molar-refractivity contribution is -0.974. The minimum Gasteiger partial charge on any atom is -0.544 e. The zero-order valence-corrected chi connectivity index (χ0v) is 26.2. The van der Waals surface area contributed by atoms with Crippen molar-refractivity contribution in [2.45, 2.75) is 174 Å². The number of unbranched alkanes of at least 4 members (excludes halogenated alkanes) is 15. The highest BCUT2D eigenvalue weighted by molar-refractivity contribution is 5.77. The topological polar surface area (TPSA) is 115 Å². The summed E-state index contributed by atoms with van der Waals surface area (Å²) in [4.78, 5) is 36.6. The van der Waals surface area contributed by atoms with Gasteiger partial charge in [0.15, 0.2) is 12.1 Å². The summed E-state index contributed by atoms with van der Waals surface area (Å²) in [5.41, 5.74) is 0. The molecule has 0 aromatic carbocycles. The smallest absolute Gasteiger partial charge is 0.362 e. The van der Waals surface area contributed by atoms with Gasteiger partial charge in [-0.1, -0.05) is 117 Å². The Labute approximate surface area is 245 Å². The summed E-state index contributed by atoms with van der Waals surface area (Å²) in [5, 5.41) is 32.1. The molecule has 0 bridgehead atoms. The Kier molecular flexibility index (Phi) is 22.7. The minimum absolute atomic E-state index is 0.132. The molecule has 0 radical (unpaired) electrons. The molecule has 0 amide bonds. The van der Waals surface area contributed by atoms with E-state index in [1.807, 2.05) is 0 Å². The summed E-state index contributed by atoms with van der Waals surface area (Å²) in [6, 6.07) is -3.37. The number of carboxylic acids is 3. The van der Waals surface area contributed by atoms with E-state index in [4.69, 9.17) is 0 Å². The SMILES string of the molecule is CC/C=C/CCCCCCCCCCCCCCCCC[N+](C(CC)C(=O)[O-])(C(CC)C(=O)O)C(CC)C(=O)O. The van der Waals surface area contributed by atoms with Gasteiger partial charge in [0, 0.05) is 19.3 Å². The predicted octanol–water partition coefficient (Wildman–Crippen LogP) is 7.27. The van der Waals surface area contributed by atoms with Gasteiger partial charge in [-0.2, -0.15) is 0 Å². The predicted molar refractivity (Wildman–Crippen MR) is 161 cm³/mol. The van der Waals surface area contributed by atoms with Crippen LogP contribution in [-0.4, -0.2) is 57.3 Å². The van der Waals surface area contributed by atoms with Gasteiger partial charge in [0.25, 0.3) is 0 Å². The van der Waals surface area contributed by atoms with Crippen LogP contribution in [0.25, 0.3) is 0 Å². The van der Waals surface area contributed by atoms with Gasteiger partial charge in [-0.05, 0) is 32.1 Å². The Morgan fingerprint density at radius 2 is 0.925 bits per heavy atom. The van der Waals surface area contributed by atoms with Crippen LogP contribution in [0, 0.1) is 0 Å². The molecule has 0 aliphatic carbocycles. The molecule has 3 atom stereocenters. The molecular formula is C33H61NO6. The third-order valence-electron chi connectivity index (χ3n) is 8.56. The van der Waals surface area contributed by atoms with Crippen LogP contribution < -0.4 is 5.11 Å². The van der Waals surface area contributed by atoms with Crippen molar-refractivity contribution in [1.29, 1.82) is 0 Å². The molecule has 0 rings (SSSR count). The number of carboxylic acid groups (broad SMARTS) is 3. The zero-order valence-electron chi connectivity index (χ0n) is 26.2. The molecule has 0 spiro atoms. The van der Waals surface area contributed by atoms with Crippen LogP contribution in [0.1, 0.15) is 156 Å². The summed E-state index contributed by atoms with van der Waals surface area (Å²) in [7, 11) is 0. The number of quaternary nitrogens is 1. The number of aliphatic carboxylic acids is 3. The molecular weight excluding hydrogens is 506 g/mol. The number of rotatable bonds is 28. The van der Waals surface area contributed by atoms with E-state index in [2.05, 4.69) is 19.1 Å². The Hall–Kier alpha value is -1.89. The van der Waals surface area contributed by atoms with E-state index < -0.39 is 40.5 Å². The number of hydrogen-bond acceptors (Lipinski definition) is 4. The lowest BCUT2D eigenvalue weighted by Crippen LogP contribution is -2.73. The highest BCUT2D eigenvalue weighted by Gasteiger charge is 2.53. The maximum absolute atomic E-state index is 12.2. The Bertz CT molecular complexity index is 652. The zero-order chi connectivity index (χ0) is 30.2. The first kappa shape index (κ1) is 38.1. The Balaban J connectivity index is 4.47. The van der Waals surface area contributed by atoms with E-state index >= 15 is 0 Å². The number of carbonyl (C=O) groups excluding carboxylic acids is 1. The third-order valence-corrected chi connectivity index (χ3v) is 8.56. The van der Waals surface area contributed by atoms with Gasteiger partial charge < -0.3 is 20.1 Å². The summed E-state index contributed by atoms with van der Waals surface area (Å²) >= 11 is 0. The molecule has 2 N–H and O–H groups in total. The van der Waals surface area contributed by atoms with Crippen LogP contribution >= 0.6 is 0 Å². The maximum atomic E-state index is 12.2. The summed E-state index contributed by atoms with van der Waals surface area (Å²) in [5.74, 6) is -3.65. The van der Waals surface area contributed by atoms with Crippen molar-refractivity contribution in [1.82, 2.24) is 0 Å². The van der Waals surface area contributed by atoms with Crippen LogP contribution in [-0.2, 0) is 14.4 Å². The molecule has 0 aromatic heterocycles. The fraction of sp³-hybridized carbons (Fsp3) is 0.848. The standard InChI is InChI=1S/C33H61NO6/c1-5-9-10-11-12-13-14-15-16-17-18-19-20-21-22-23-24-25-26-27-34(28(6-2)31(35)36,29(7-3)32(37)38)30(8-4)33(39)40/h9-10,28-30H,5-8,11-27H2,1-4H3,(H2-,35,36,37,38,39,40)/b10-9+. The van der Waals surface area contributed by atoms with Gasteiger partial charge in [0.1, 0.15) is 6.04 Å². The van der Waals surface area contributed by atoms with Crippen molar-refractivity contribution < 1.29 is 34.2 Å². The molecule has 234 valence electrons. The normalized spacial score (nSPS) is 15.5. The second-order valence-corrected chi connectivity index (χ2v) is 11.5. The fourth-order valence-electron chi connectivity index (χ4n) is 6.49. The summed E-state index contributed by atoms with van der Waals surface area (Å²) in [6.45, 7) is 7.45. The molecule has 0 aliphatic rings. The van der Waals surface area contributed by atoms with E-state index in [9.17, 15) is 29.7 Å². The largest absolute Gasteiger partial charge is 0.544 e. The molecule has 0 aliphatic heterocycles. The van der Waals surface area contributed by atoms with Gasteiger partial charge in [0.2, 0.25) is 0 Å². The average Bonchev–Trinajstić information content (AvgIpc) is 2.90. The van der Waals surface area contributed by atoms with E-state index in [0.717, 1.165) is 25.7 Å². The fourth-order valence-corrected chi connectivity index (χ4v) is 6.49. The third kappa shape index (κ3) is 14.1. The van der Waals surface area contributed by atoms with Gasteiger partial charge in [-0.15, -0.1) is 0 Å². The number of nitrogens with zero attached hydrogens (tertiary/aromatic N) is 1. The molecule has 0 heterocycles. The molecule has 0 fully saturated rings. The van der Waals surface area contributed by atoms with Crippen molar-refractivity contribution in [3.05, 3.63) is 12.2 Å². The summed E-state index contributed by atoms with van der Waals surface area (Å²) in [6.07, 6.45) is 25.3. The second kappa shape index (κ2) is 23.8.